The van der Waals surface area contributed by atoms with Gasteiger partial charge in [0.2, 0.25) is 0 Å². The molecular weight excluding hydrogens is 153 g/mol. The van der Waals surface area contributed by atoms with Crippen molar-refractivity contribution in [1.82, 2.24) is 4.90 Å². The van der Waals surface area contributed by atoms with E-state index in [9.17, 15) is 0 Å². The summed E-state index contributed by atoms with van der Waals surface area (Å²) >= 11 is 0. The lowest BCUT2D eigenvalue weighted by molar-refractivity contribution is 0.249. The third-order valence-electron chi connectivity index (χ3n) is 2.80. The van der Waals surface area contributed by atoms with Crippen molar-refractivity contribution < 1.29 is 9.31 Å². The molecule has 2 rings (SSSR count). The smallest absolute Gasteiger partial charge is 0.409 e. The minimum absolute atomic E-state index is 0.110. The molecule has 0 aliphatic carbocycles. The third-order valence-corrected chi connectivity index (χ3v) is 2.80. The number of rotatable bonds is 1. The van der Waals surface area contributed by atoms with Crippen molar-refractivity contribution in [1.29, 1.82) is 0 Å². The Bertz CT molecular complexity index is 142. The largest absolute Gasteiger partial charge is 0.460 e. The Morgan fingerprint density at radius 2 is 1.75 bits per heavy atom. The molecule has 0 saturated carbocycles. The monoisotopic (exact) mass is 169 g/mol. The van der Waals surface area contributed by atoms with Crippen LogP contribution in [0.15, 0.2) is 0 Å². The fourth-order valence-corrected chi connectivity index (χ4v) is 1.95. The van der Waals surface area contributed by atoms with E-state index < -0.39 is 0 Å². The van der Waals surface area contributed by atoms with E-state index in [1.54, 1.807) is 0 Å². The lowest BCUT2D eigenvalue weighted by Gasteiger charge is -2.29. The van der Waals surface area contributed by atoms with Crippen molar-refractivity contribution in [2.24, 2.45) is 0 Å². The molecule has 2 heterocycles. The Hall–Kier alpha value is -0.0551. The van der Waals surface area contributed by atoms with E-state index in [4.69, 9.17) is 9.31 Å². The van der Waals surface area contributed by atoms with Crippen LogP contribution < -0.4 is 0 Å². The van der Waals surface area contributed by atoms with Gasteiger partial charge in [-0.25, -0.2) is 0 Å². The van der Waals surface area contributed by atoms with Crippen molar-refractivity contribution in [2.75, 3.05) is 33.4 Å². The van der Waals surface area contributed by atoms with E-state index in [2.05, 4.69) is 11.9 Å². The average molecular weight is 169 g/mol. The van der Waals surface area contributed by atoms with E-state index in [1.165, 1.54) is 25.9 Å². The fourth-order valence-electron chi connectivity index (χ4n) is 1.95. The minimum Gasteiger partial charge on any atom is -0.409 e. The van der Waals surface area contributed by atoms with E-state index in [0.717, 1.165) is 13.2 Å². The van der Waals surface area contributed by atoms with Crippen molar-refractivity contribution in [3.63, 3.8) is 0 Å². The second kappa shape index (κ2) is 3.77. The quantitative estimate of drug-likeness (QED) is 0.537. The van der Waals surface area contributed by atoms with Gasteiger partial charge in [0.1, 0.15) is 0 Å². The first kappa shape index (κ1) is 8.54. The summed E-state index contributed by atoms with van der Waals surface area (Å²) in [6.07, 6.45) is 2.45. The molecule has 0 atom stereocenters. The Labute approximate surface area is 74.2 Å². The first-order valence-corrected chi connectivity index (χ1v) is 4.78. The number of nitrogens with zero attached hydrogens (tertiary/aromatic N) is 1. The molecule has 0 aromatic carbocycles. The lowest BCUT2D eigenvalue weighted by atomic mass is 9.67. The molecule has 0 aromatic heterocycles. The summed E-state index contributed by atoms with van der Waals surface area (Å²) in [5, 5.41) is 0. The standard InChI is InChI=1S/C8H16BNO2/c1-10-4-2-8(3-5-10)9-11-6-7-12-9/h8H,2-7H2,1H3. The number of hydrogen-bond acceptors (Lipinski definition) is 3. The van der Waals surface area contributed by atoms with Gasteiger partial charge in [0.25, 0.3) is 0 Å². The maximum absolute atomic E-state index is 5.49. The maximum atomic E-state index is 5.49. The first-order chi connectivity index (χ1) is 5.86. The van der Waals surface area contributed by atoms with Gasteiger partial charge in [0, 0.05) is 0 Å². The van der Waals surface area contributed by atoms with Crippen LogP contribution in [0.25, 0.3) is 0 Å². The number of piperidine rings is 1. The SMILES string of the molecule is CN1CCC(B2OCCO2)CC1. The molecule has 0 bridgehead atoms. The van der Waals surface area contributed by atoms with Gasteiger partial charge in [-0.3, -0.25) is 0 Å². The molecule has 0 radical (unpaired) electrons. The molecule has 0 unspecified atom stereocenters. The molecule has 12 heavy (non-hydrogen) atoms. The van der Waals surface area contributed by atoms with Crippen LogP contribution in [-0.4, -0.2) is 45.4 Å². The average Bonchev–Trinajstić information content (AvgIpc) is 2.58. The van der Waals surface area contributed by atoms with Crippen molar-refractivity contribution in [2.45, 2.75) is 18.7 Å². The van der Waals surface area contributed by atoms with Gasteiger partial charge in [-0.1, -0.05) is 0 Å². The molecule has 0 aromatic rings. The van der Waals surface area contributed by atoms with Crippen LogP contribution in [0.3, 0.4) is 0 Å². The summed E-state index contributed by atoms with van der Waals surface area (Å²) in [6.45, 7) is 3.95. The predicted molar refractivity (Wildman–Crippen MR) is 48.1 cm³/mol. The second-order valence-electron chi connectivity index (χ2n) is 3.75. The molecular formula is C8H16BNO2. The molecule has 4 heteroatoms. The van der Waals surface area contributed by atoms with Crippen LogP contribution in [0.5, 0.6) is 0 Å². The van der Waals surface area contributed by atoms with Crippen molar-refractivity contribution in [3.05, 3.63) is 0 Å². The highest BCUT2D eigenvalue weighted by Crippen LogP contribution is 2.27. The van der Waals surface area contributed by atoms with Crippen LogP contribution in [0.4, 0.5) is 0 Å². The number of likely N-dealkylation sites (tertiary alicyclic amines) is 1. The van der Waals surface area contributed by atoms with Crippen LogP contribution in [-0.2, 0) is 9.31 Å². The summed E-state index contributed by atoms with van der Waals surface area (Å²) in [5.74, 6) is 0.642. The van der Waals surface area contributed by atoms with Crippen LogP contribution in [0, 0.1) is 0 Å². The van der Waals surface area contributed by atoms with Gasteiger partial charge in [0.05, 0.1) is 13.2 Å². The van der Waals surface area contributed by atoms with Crippen LogP contribution in [0.2, 0.25) is 5.82 Å². The maximum Gasteiger partial charge on any atom is 0.460 e. The van der Waals surface area contributed by atoms with Gasteiger partial charge in [0.15, 0.2) is 0 Å². The van der Waals surface area contributed by atoms with Crippen LogP contribution >= 0.6 is 0 Å². The summed E-state index contributed by atoms with van der Waals surface area (Å²) in [6, 6.07) is 0. The Morgan fingerprint density at radius 1 is 1.17 bits per heavy atom. The molecule has 2 aliphatic rings. The highest BCUT2D eigenvalue weighted by Gasteiger charge is 2.35. The minimum atomic E-state index is 0.110. The zero-order valence-corrected chi connectivity index (χ0v) is 7.66. The van der Waals surface area contributed by atoms with Gasteiger partial charge < -0.3 is 14.2 Å². The highest BCUT2D eigenvalue weighted by molar-refractivity contribution is 6.46. The molecule has 0 amide bonds. The van der Waals surface area contributed by atoms with Gasteiger partial charge in [-0.2, -0.15) is 0 Å². The van der Waals surface area contributed by atoms with Crippen molar-refractivity contribution >= 4 is 7.12 Å². The van der Waals surface area contributed by atoms with E-state index in [0.29, 0.717) is 5.82 Å². The predicted octanol–water partition coefficient (Wildman–Crippen LogP) is 0.617. The van der Waals surface area contributed by atoms with E-state index >= 15 is 0 Å². The summed E-state index contributed by atoms with van der Waals surface area (Å²) < 4.78 is 11.0. The first-order valence-electron chi connectivity index (χ1n) is 4.78. The molecule has 3 nitrogen and oxygen atoms in total. The fraction of sp³-hybridized carbons (Fsp3) is 1.00. The van der Waals surface area contributed by atoms with Gasteiger partial charge in [-0.15, -0.1) is 0 Å². The van der Waals surface area contributed by atoms with Crippen molar-refractivity contribution in [3.8, 4) is 0 Å². The Balaban J connectivity index is 1.80. The molecule has 0 N–H and O–H groups in total. The molecule has 2 saturated heterocycles. The van der Waals surface area contributed by atoms with Crippen LogP contribution in [0.1, 0.15) is 12.8 Å². The highest BCUT2D eigenvalue weighted by atomic mass is 16.6. The Morgan fingerprint density at radius 3 is 2.33 bits per heavy atom. The summed E-state index contributed by atoms with van der Waals surface area (Å²) in [7, 11) is 2.28. The second-order valence-corrected chi connectivity index (χ2v) is 3.75. The third kappa shape index (κ3) is 1.81. The number of hydrogen-bond donors (Lipinski definition) is 0. The summed E-state index contributed by atoms with van der Waals surface area (Å²) in [4.78, 5) is 2.37. The van der Waals surface area contributed by atoms with E-state index in [-0.39, 0.29) is 7.12 Å². The Kier molecular flexibility index (Phi) is 2.68. The topological polar surface area (TPSA) is 21.7 Å². The molecule has 68 valence electrons. The van der Waals surface area contributed by atoms with Gasteiger partial charge in [-0.05, 0) is 38.8 Å². The molecule has 2 aliphatic heterocycles. The lowest BCUT2D eigenvalue weighted by Crippen LogP contribution is -2.35. The molecule has 2 fully saturated rings. The molecule has 0 spiro atoms. The zero-order chi connectivity index (χ0) is 8.39. The summed E-state index contributed by atoms with van der Waals surface area (Å²) in [5.41, 5.74) is 0. The van der Waals surface area contributed by atoms with E-state index in [1.807, 2.05) is 0 Å². The zero-order valence-electron chi connectivity index (χ0n) is 7.66. The van der Waals surface area contributed by atoms with Gasteiger partial charge >= 0.3 is 7.12 Å². The normalized spacial score (nSPS) is 28.2.